The molecule has 1 atom stereocenters. The lowest BCUT2D eigenvalue weighted by Crippen LogP contribution is -2.54. The van der Waals surface area contributed by atoms with E-state index in [9.17, 15) is 4.79 Å². The van der Waals surface area contributed by atoms with Gasteiger partial charge in [-0.1, -0.05) is 30.3 Å². The van der Waals surface area contributed by atoms with Crippen LogP contribution in [-0.2, 0) is 11.3 Å². The van der Waals surface area contributed by atoms with Gasteiger partial charge in [0.2, 0.25) is 0 Å². The molecule has 0 saturated carbocycles. The van der Waals surface area contributed by atoms with Crippen molar-refractivity contribution in [2.75, 3.05) is 26.7 Å². The van der Waals surface area contributed by atoms with Gasteiger partial charge in [0.05, 0.1) is 11.9 Å². The molecule has 3 heterocycles. The smallest absolute Gasteiger partial charge is 0.289 e. The first-order valence-corrected chi connectivity index (χ1v) is 9.86. The Morgan fingerprint density at radius 1 is 1.19 bits per heavy atom. The first kappa shape index (κ1) is 18.3. The molecule has 1 aromatic heterocycles. The van der Waals surface area contributed by atoms with Gasteiger partial charge in [-0.25, -0.2) is 0 Å². The number of rotatable bonds is 4. The Hall–Kier alpha value is -2.11. The highest BCUT2D eigenvalue weighted by atomic mass is 16.5. The van der Waals surface area contributed by atoms with Crippen molar-refractivity contribution in [3.63, 3.8) is 0 Å². The average Bonchev–Trinajstić information content (AvgIpc) is 3.24. The predicted molar refractivity (Wildman–Crippen MR) is 103 cm³/mol. The van der Waals surface area contributed by atoms with Crippen LogP contribution in [0.25, 0.3) is 0 Å². The van der Waals surface area contributed by atoms with Crippen LogP contribution in [0.5, 0.6) is 0 Å². The zero-order chi connectivity index (χ0) is 18.7. The van der Waals surface area contributed by atoms with Crippen LogP contribution in [0.1, 0.15) is 41.8 Å². The van der Waals surface area contributed by atoms with Crippen molar-refractivity contribution in [1.29, 1.82) is 0 Å². The van der Waals surface area contributed by atoms with Gasteiger partial charge in [-0.05, 0) is 50.4 Å². The topological polar surface area (TPSA) is 45.9 Å². The standard InChI is InChI=1S/C22H28N2O3/c1-23(17-18-6-3-2-4-7-18)19-9-15-27-22(16-19)10-12-24(13-11-22)21(25)20-8-5-14-26-20/h2-8,14,19H,9-13,15-17H2,1H3/t19-/m0/s1. The summed E-state index contributed by atoms with van der Waals surface area (Å²) in [6, 6.07) is 14.6. The van der Waals surface area contributed by atoms with Crippen molar-refractivity contribution >= 4 is 5.91 Å². The third kappa shape index (κ3) is 4.09. The summed E-state index contributed by atoms with van der Waals surface area (Å²) in [6.45, 7) is 3.23. The SMILES string of the molecule is CN(Cc1ccccc1)[C@H]1CCOC2(CCN(C(=O)c3ccco3)CC2)C1. The Balaban J connectivity index is 1.35. The second-order valence-corrected chi connectivity index (χ2v) is 7.85. The fourth-order valence-corrected chi connectivity index (χ4v) is 4.40. The summed E-state index contributed by atoms with van der Waals surface area (Å²) in [5.41, 5.74) is 1.26. The van der Waals surface area contributed by atoms with Crippen LogP contribution in [0.2, 0.25) is 0 Å². The summed E-state index contributed by atoms with van der Waals surface area (Å²) in [4.78, 5) is 16.8. The molecule has 0 aliphatic carbocycles. The number of ether oxygens (including phenoxy) is 1. The fraction of sp³-hybridized carbons (Fsp3) is 0.500. The van der Waals surface area contributed by atoms with Crippen LogP contribution in [-0.4, -0.2) is 54.1 Å². The Morgan fingerprint density at radius 2 is 1.96 bits per heavy atom. The van der Waals surface area contributed by atoms with Crippen LogP contribution in [0.4, 0.5) is 0 Å². The predicted octanol–water partition coefficient (Wildman–Crippen LogP) is 3.57. The highest BCUT2D eigenvalue weighted by Crippen LogP contribution is 2.37. The van der Waals surface area contributed by atoms with Crippen LogP contribution in [0.15, 0.2) is 53.1 Å². The number of hydrogen-bond donors (Lipinski definition) is 0. The summed E-state index contributed by atoms with van der Waals surface area (Å²) in [5.74, 6) is 0.416. The highest BCUT2D eigenvalue weighted by molar-refractivity contribution is 5.91. The first-order valence-electron chi connectivity index (χ1n) is 9.86. The quantitative estimate of drug-likeness (QED) is 0.828. The third-order valence-corrected chi connectivity index (χ3v) is 6.06. The minimum absolute atomic E-state index is 0.0107. The van der Waals surface area contributed by atoms with Gasteiger partial charge in [0.1, 0.15) is 0 Å². The lowest BCUT2D eigenvalue weighted by Gasteiger charge is -2.47. The lowest BCUT2D eigenvalue weighted by molar-refractivity contribution is -0.128. The molecule has 144 valence electrons. The maximum Gasteiger partial charge on any atom is 0.289 e. The molecule has 2 aromatic rings. The first-order chi connectivity index (χ1) is 13.2. The van der Waals surface area contributed by atoms with E-state index in [0.29, 0.717) is 11.8 Å². The number of carbonyl (C=O) groups excluding carboxylic acids is 1. The molecule has 1 aromatic carbocycles. The van der Waals surface area contributed by atoms with Gasteiger partial charge in [-0.15, -0.1) is 0 Å². The van der Waals surface area contributed by atoms with E-state index in [1.54, 1.807) is 18.4 Å². The molecule has 2 aliphatic rings. The molecule has 1 spiro atoms. The van der Waals surface area contributed by atoms with Crippen molar-refractivity contribution < 1.29 is 13.9 Å². The summed E-state index contributed by atoms with van der Waals surface area (Å²) in [6.07, 6.45) is 5.46. The molecule has 27 heavy (non-hydrogen) atoms. The van der Waals surface area contributed by atoms with Crippen LogP contribution >= 0.6 is 0 Å². The maximum absolute atomic E-state index is 12.5. The van der Waals surface area contributed by atoms with E-state index in [2.05, 4.69) is 42.3 Å². The number of piperidine rings is 1. The average molecular weight is 368 g/mol. The lowest BCUT2D eigenvalue weighted by atomic mass is 9.81. The molecular weight excluding hydrogens is 340 g/mol. The normalized spacial score (nSPS) is 22.3. The van der Waals surface area contributed by atoms with Gasteiger partial charge in [0.25, 0.3) is 5.91 Å². The summed E-state index contributed by atoms with van der Waals surface area (Å²) in [7, 11) is 2.21. The molecule has 0 radical (unpaired) electrons. The van der Waals surface area contributed by atoms with Gasteiger partial charge in [-0.3, -0.25) is 9.69 Å². The number of benzene rings is 1. The second kappa shape index (κ2) is 7.87. The minimum atomic E-state index is -0.0895. The molecule has 2 saturated heterocycles. The van der Waals surface area contributed by atoms with Crippen molar-refractivity contribution in [3.05, 3.63) is 60.1 Å². The van der Waals surface area contributed by atoms with E-state index in [-0.39, 0.29) is 11.5 Å². The Bertz CT molecular complexity index is 736. The van der Waals surface area contributed by atoms with E-state index in [1.165, 1.54) is 5.56 Å². The van der Waals surface area contributed by atoms with Crippen molar-refractivity contribution in [2.24, 2.45) is 0 Å². The molecule has 0 N–H and O–H groups in total. The zero-order valence-corrected chi connectivity index (χ0v) is 16.0. The van der Waals surface area contributed by atoms with E-state index >= 15 is 0 Å². The molecule has 5 nitrogen and oxygen atoms in total. The van der Waals surface area contributed by atoms with E-state index < -0.39 is 0 Å². The van der Waals surface area contributed by atoms with Gasteiger partial charge in [0.15, 0.2) is 5.76 Å². The van der Waals surface area contributed by atoms with E-state index in [0.717, 1.165) is 51.9 Å². The Kier molecular flexibility index (Phi) is 5.32. The molecule has 0 unspecified atom stereocenters. The van der Waals surface area contributed by atoms with E-state index in [1.807, 2.05) is 4.90 Å². The summed E-state index contributed by atoms with van der Waals surface area (Å²) < 4.78 is 11.5. The van der Waals surface area contributed by atoms with Gasteiger partial charge >= 0.3 is 0 Å². The molecule has 4 rings (SSSR count). The number of amides is 1. The van der Waals surface area contributed by atoms with Gasteiger partial charge in [-0.2, -0.15) is 0 Å². The number of nitrogens with zero attached hydrogens (tertiary/aromatic N) is 2. The van der Waals surface area contributed by atoms with Gasteiger partial charge in [0, 0.05) is 32.3 Å². The van der Waals surface area contributed by atoms with Crippen molar-refractivity contribution in [1.82, 2.24) is 9.80 Å². The number of hydrogen-bond acceptors (Lipinski definition) is 4. The number of likely N-dealkylation sites (tertiary alicyclic amines) is 1. The van der Waals surface area contributed by atoms with E-state index in [4.69, 9.17) is 9.15 Å². The third-order valence-electron chi connectivity index (χ3n) is 6.06. The fourth-order valence-electron chi connectivity index (χ4n) is 4.40. The van der Waals surface area contributed by atoms with Crippen molar-refractivity contribution in [3.8, 4) is 0 Å². The summed E-state index contributed by atoms with van der Waals surface area (Å²) >= 11 is 0. The highest BCUT2D eigenvalue weighted by Gasteiger charge is 2.42. The largest absolute Gasteiger partial charge is 0.459 e. The molecule has 2 aliphatic heterocycles. The van der Waals surface area contributed by atoms with Crippen LogP contribution in [0, 0.1) is 0 Å². The molecular formula is C22H28N2O3. The Labute approximate surface area is 160 Å². The number of carbonyl (C=O) groups is 1. The van der Waals surface area contributed by atoms with Gasteiger partial charge < -0.3 is 14.1 Å². The second-order valence-electron chi connectivity index (χ2n) is 7.85. The molecule has 2 fully saturated rings. The molecule has 5 heteroatoms. The zero-order valence-electron chi connectivity index (χ0n) is 16.0. The molecule has 0 bridgehead atoms. The monoisotopic (exact) mass is 368 g/mol. The number of furan rings is 1. The summed E-state index contributed by atoms with van der Waals surface area (Å²) in [5, 5.41) is 0. The Morgan fingerprint density at radius 3 is 2.67 bits per heavy atom. The van der Waals surface area contributed by atoms with Crippen molar-refractivity contribution in [2.45, 2.75) is 43.9 Å². The van der Waals surface area contributed by atoms with Crippen LogP contribution in [0.3, 0.4) is 0 Å². The minimum Gasteiger partial charge on any atom is -0.459 e. The maximum atomic E-state index is 12.5. The molecule has 1 amide bonds. The van der Waals surface area contributed by atoms with Crippen LogP contribution < -0.4 is 0 Å².